The molecule has 9 heteroatoms. The topological polar surface area (TPSA) is 91.6 Å². The molecule has 0 fully saturated rings. The summed E-state index contributed by atoms with van der Waals surface area (Å²) in [6.07, 6.45) is 0.532. The zero-order valence-corrected chi connectivity index (χ0v) is 17.2. The Morgan fingerprint density at radius 2 is 2.00 bits per heavy atom. The standard InChI is InChI=1S/C20H23N3O5S/c1-27-9-4-8-22-19(25)18-16(7-10-29-18)23(20(22)26)13-17(24)21-12-14-5-3-6-15(11-14)28-2/h3,5-7,10-11H,4,8-9,12-13H2,1-2H3,(H,21,24). The van der Waals surface area contributed by atoms with Gasteiger partial charge in [-0.05, 0) is 35.6 Å². The van der Waals surface area contributed by atoms with Gasteiger partial charge in [0.15, 0.2) is 0 Å². The monoisotopic (exact) mass is 417 g/mol. The molecule has 154 valence electrons. The van der Waals surface area contributed by atoms with Crippen LogP contribution in [0.4, 0.5) is 0 Å². The largest absolute Gasteiger partial charge is 0.497 e. The molecule has 3 aromatic rings. The van der Waals surface area contributed by atoms with Crippen LogP contribution in [0.2, 0.25) is 0 Å². The number of rotatable bonds is 9. The molecule has 0 atom stereocenters. The van der Waals surface area contributed by atoms with Gasteiger partial charge < -0.3 is 14.8 Å². The van der Waals surface area contributed by atoms with E-state index in [0.29, 0.717) is 35.5 Å². The molecule has 1 amide bonds. The average Bonchev–Trinajstić information content (AvgIpc) is 3.22. The summed E-state index contributed by atoms with van der Waals surface area (Å²) in [7, 11) is 3.15. The Labute approximate surface area is 171 Å². The summed E-state index contributed by atoms with van der Waals surface area (Å²) in [4.78, 5) is 38.0. The molecule has 0 aliphatic heterocycles. The highest BCUT2D eigenvalue weighted by atomic mass is 32.1. The molecule has 0 bridgehead atoms. The van der Waals surface area contributed by atoms with Gasteiger partial charge in [0.2, 0.25) is 5.91 Å². The van der Waals surface area contributed by atoms with Crippen LogP contribution in [0.25, 0.3) is 10.2 Å². The number of nitrogens with zero attached hydrogens (tertiary/aromatic N) is 2. The van der Waals surface area contributed by atoms with E-state index in [-0.39, 0.29) is 24.6 Å². The number of thiophene rings is 1. The minimum Gasteiger partial charge on any atom is -0.497 e. The number of aromatic nitrogens is 2. The normalized spacial score (nSPS) is 11.0. The van der Waals surface area contributed by atoms with E-state index in [1.54, 1.807) is 25.7 Å². The van der Waals surface area contributed by atoms with Crippen molar-refractivity contribution >= 4 is 27.5 Å². The van der Waals surface area contributed by atoms with Crippen molar-refractivity contribution in [2.45, 2.75) is 26.1 Å². The van der Waals surface area contributed by atoms with E-state index in [4.69, 9.17) is 9.47 Å². The van der Waals surface area contributed by atoms with Crippen LogP contribution in [0.5, 0.6) is 5.75 Å². The highest BCUT2D eigenvalue weighted by molar-refractivity contribution is 7.17. The molecule has 1 N–H and O–H groups in total. The fraction of sp³-hybridized carbons (Fsp3) is 0.350. The van der Waals surface area contributed by atoms with E-state index < -0.39 is 5.69 Å². The van der Waals surface area contributed by atoms with Crippen LogP contribution in [0.15, 0.2) is 45.3 Å². The Bertz CT molecular complexity index is 1120. The Morgan fingerprint density at radius 3 is 2.76 bits per heavy atom. The molecule has 0 aliphatic rings. The van der Waals surface area contributed by atoms with Crippen molar-refractivity contribution in [1.82, 2.24) is 14.5 Å². The highest BCUT2D eigenvalue weighted by Crippen LogP contribution is 2.15. The lowest BCUT2D eigenvalue weighted by molar-refractivity contribution is -0.121. The number of hydrogen-bond donors (Lipinski definition) is 1. The molecule has 0 unspecified atom stereocenters. The first kappa shape index (κ1) is 20.8. The third kappa shape index (κ3) is 4.75. The lowest BCUT2D eigenvalue weighted by Crippen LogP contribution is -2.42. The minimum absolute atomic E-state index is 0.166. The van der Waals surface area contributed by atoms with Crippen molar-refractivity contribution in [1.29, 1.82) is 0 Å². The first-order valence-corrected chi connectivity index (χ1v) is 10.0. The number of benzene rings is 1. The number of carbonyl (C=O) groups is 1. The lowest BCUT2D eigenvalue weighted by atomic mass is 10.2. The predicted molar refractivity (Wildman–Crippen MR) is 112 cm³/mol. The number of fused-ring (bicyclic) bond motifs is 1. The zero-order chi connectivity index (χ0) is 20.8. The third-order valence-corrected chi connectivity index (χ3v) is 5.38. The maximum Gasteiger partial charge on any atom is 0.332 e. The second kappa shape index (κ2) is 9.53. The molecule has 2 aromatic heterocycles. The van der Waals surface area contributed by atoms with Crippen LogP contribution in [-0.2, 0) is 29.2 Å². The molecule has 2 heterocycles. The van der Waals surface area contributed by atoms with Crippen molar-refractivity contribution in [2.75, 3.05) is 20.8 Å². The van der Waals surface area contributed by atoms with Gasteiger partial charge in [0, 0.05) is 26.8 Å². The summed E-state index contributed by atoms with van der Waals surface area (Å²) in [5.41, 5.74) is 0.539. The maximum absolute atomic E-state index is 12.9. The Balaban J connectivity index is 1.81. The fourth-order valence-electron chi connectivity index (χ4n) is 3.03. The van der Waals surface area contributed by atoms with E-state index in [2.05, 4.69) is 5.32 Å². The number of amides is 1. The predicted octanol–water partition coefficient (Wildman–Crippen LogP) is 1.59. The van der Waals surface area contributed by atoms with Crippen LogP contribution >= 0.6 is 11.3 Å². The quantitative estimate of drug-likeness (QED) is 0.534. The molecule has 0 saturated carbocycles. The molecule has 29 heavy (non-hydrogen) atoms. The summed E-state index contributed by atoms with van der Waals surface area (Å²) in [5, 5.41) is 4.56. The van der Waals surface area contributed by atoms with Crippen LogP contribution in [0, 0.1) is 0 Å². The van der Waals surface area contributed by atoms with Gasteiger partial charge in [0.25, 0.3) is 5.56 Å². The second-order valence-electron chi connectivity index (χ2n) is 6.44. The number of ether oxygens (including phenoxy) is 2. The SMILES string of the molecule is COCCCn1c(=O)c2sccc2n(CC(=O)NCc2cccc(OC)c2)c1=O. The summed E-state index contributed by atoms with van der Waals surface area (Å²) in [6.45, 7) is 0.825. The van der Waals surface area contributed by atoms with Gasteiger partial charge in [-0.25, -0.2) is 4.79 Å². The summed E-state index contributed by atoms with van der Waals surface area (Å²) in [5.74, 6) is 0.389. The molecular formula is C20H23N3O5S. The van der Waals surface area contributed by atoms with Gasteiger partial charge in [-0.3, -0.25) is 18.7 Å². The number of carbonyl (C=O) groups excluding carboxylic acids is 1. The number of nitrogens with one attached hydrogen (secondary N) is 1. The van der Waals surface area contributed by atoms with E-state index in [0.717, 1.165) is 5.56 Å². The van der Waals surface area contributed by atoms with Gasteiger partial charge in [0.1, 0.15) is 17.0 Å². The van der Waals surface area contributed by atoms with E-state index in [1.807, 2.05) is 24.3 Å². The molecule has 0 saturated heterocycles. The molecular weight excluding hydrogens is 394 g/mol. The van der Waals surface area contributed by atoms with Crippen LogP contribution in [-0.4, -0.2) is 35.9 Å². The highest BCUT2D eigenvalue weighted by Gasteiger charge is 2.16. The van der Waals surface area contributed by atoms with Crippen LogP contribution < -0.4 is 21.3 Å². The van der Waals surface area contributed by atoms with Crippen LogP contribution in [0.1, 0.15) is 12.0 Å². The molecule has 0 spiro atoms. The smallest absolute Gasteiger partial charge is 0.332 e. The van der Waals surface area contributed by atoms with E-state index in [1.165, 1.54) is 20.5 Å². The zero-order valence-electron chi connectivity index (χ0n) is 16.3. The maximum atomic E-state index is 12.9. The van der Waals surface area contributed by atoms with Gasteiger partial charge in [-0.15, -0.1) is 11.3 Å². The third-order valence-electron chi connectivity index (χ3n) is 4.49. The summed E-state index contributed by atoms with van der Waals surface area (Å²) in [6, 6.07) is 9.07. The van der Waals surface area contributed by atoms with Gasteiger partial charge in [-0.1, -0.05) is 12.1 Å². The first-order chi connectivity index (χ1) is 14.0. The van der Waals surface area contributed by atoms with Crippen LogP contribution in [0.3, 0.4) is 0 Å². The fourth-order valence-corrected chi connectivity index (χ4v) is 3.88. The number of hydrogen-bond acceptors (Lipinski definition) is 6. The van der Waals surface area contributed by atoms with Gasteiger partial charge in [-0.2, -0.15) is 0 Å². The van der Waals surface area contributed by atoms with Gasteiger partial charge >= 0.3 is 5.69 Å². The van der Waals surface area contributed by atoms with Crippen molar-refractivity contribution in [2.24, 2.45) is 0 Å². The summed E-state index contributed by atoms with van der Waals surface area (Å²) < 4.78 is 13.2. The van der Waals surface area contributed by atoms with E-state index in [9.17, 15) is 14.4 Å². The first-order valence-electron chi connectivity index (χ1n) is 9.14. The number of methoxy groups -OCH3 is 2. The van der Waals surface area contributed by atoms with Crippen molar-refractivity contribution in [3.05, 3.63) is 62.1 Å². The molecule has 8 nitrogen and oxygen atoms in total. The van der Waals surface area contributed by atoms with Crippen molar-refractivity contribution < 1.29 is 14.3 Å². The van der Waals surface area contributed by atoms with Crippen molar-refractivity contribution in [3.8, 4) is 5.75 Å². The Kier molecular flexibility index (Phi) is 6.84. The average molecular weight is 417 g/mol. The second-order valence-corrected chi connectivity index (χ2v) is 7.35. The molecule has 0 radical (unpaired) electrons. The summed E-state index contributed by atoms with van der Waals surface area (Å²) >= 11 is 1.26. The molecule has 1 aromatic carbocycles. The lowest BCUT2D eigenvalue weighted by Gasteiger charge is -2.12. The molecule has 3 rings (SSSR count). The molecule has 0 aliphatic carbocycles. The Morgan fingerprint density at radius 1 is 1.17 bits per heavy atom. The Hall–Kier alpha value is -2.91. The van der Waals surface area contributed by atoms with Gasteiger partial charge in [0.05, 0.1) is 12.6 Å². The minimum atomic E-state index is -0.492. The van der Waals surface area contributed by atoms with E-state index >= 15 is 0 Å². The van der Waals surface area contributed by atoms with Crippen molar-refractivity contribution in [3.63, 3.8) is 0 Å².